The van der Waals surface area contributed by atoms with E-state index in [1.54, 1.807) is 6.08 Å². The number of fused-ring (bicyclic) bond motifs is 7. The van der Waals surface area contributed by atoms with E-state index < -0.39 is 12.2 Å². The zero-order valence-electron chi connectivity index (χ0n) is 13.0. The molecule has 0 saturated carbocycles. The lowest BCUT2D eigenvalue weighted by atomic mass is 9.87. The molecule has 4 aromatic rings. The minimum Gasteiger partial charge on any atom is -0.386 e. The van der Waals surface area contributed by atoms with Gasteiger partial charge in [0.15, 0.2) is 0 Å². The van der Waals surface area contributed by atoms with Gasteiger partial charge in [-0.15, -0.1) is 0 Å². The van der Waals surface area contributed by atoms with Gasteiger partial charge in [-0.3, -0.25) is 0 Å². The molecular formula is C22H16O2. The predicted molar refractivity (Wildman–Crippen MR) is 99.0 cm³/mol. The minimum absolute atomic E-state index is 0.790. The van der Waals surface area contributed by atoms with Gasteiger partial charge in [0.2, 0.25) is 0 Å². The van der Waals surface area contributed by atoms with E-state index in [2.05, 4.69) is 48.5 Å². The van der Waals surface area contributed by atoms with E-state index in [0.717, 1.165) is 16.5 Å². The first-order chi connectivity index (χ1) is 11.7. The van der Waals surface area contributed by atoms with Crippen LogP contribution >= 0.6 is 0 Å². The van der Waals surface area contributed by atoms with Gasteiger partial charge in [0.1, 0.15) is 12.2 Å². The van der Waals surface area contributed by atoms with E-state index in [-0.39, 0.29) is 0 Å². The SMILES string of the molecule is O[C@H]1C=Cc2cc3c4ccccc4c4ccccc4c3cc2[C@@H]1O. The van der Waals surface area contributed by atoms with Crippen LogP contribution in [0.15, 0.2) is 66.7 Å². The zero-order valence-corrected chi connectivity index (χ0v) is 13.0. The summed E-state index contributed by atoms with van der Waals surface area (Å²) in [6.07, 6.45) is 1.83. The molecule has 0 aromatic heterocycles. The second-order valence-electron chi connectivity index (χ2n) is 6.41. The zero-order chi connectivity index (χ0) is 16.3. The summed E-state index contributed by atoms with van der Waals surface area (Å²) in [7, 11) is 0. The molecular weight excluding hydrogens is 296 g/mol. The highest BCUT2D eigenvalue weighted by molar-refractivity contribution is 6.25. The quantitative estimate of drug-likeness (QED) is 0.467. The average molecular weight is 312 g/mol. The first-order valence-electron chi connectivity index (χ1n) is 8.15. The van der Waals surface area contributed by atoms with Crippen molar-refractivity contribution in [3.05, 3.63) is 77.9 Å². The Balaban J connectivity index is 2.03. The molecule has 0 fully saturated rings. The molecule has 0 radical (unpaired) electrons. The summed E-state index contributed by atoms with van der Waals surface area (Å²) >= 11 is 0. The first-order valence-corrected chi connectivity index (χ1v) is 8.15. The summed E-state index contributed by atoms with van der Waals surface area (Å²) in [6.45, 7) is 0. The van der Waals surface area contributed by atoms with Crippen molar-refractivity contribution in [1.82, 2.24) is 0 Å². The van der Waals surface area contributed by atoms with E-state index in [0.29, 0.717) is 0 Å². The molecule has 1 aliphatic rings. The van der Waals surface area contributed by atoms with Crippen molar-refractivity contribution in [3.63, 3.8) is 0 Å². The van der Waals surface area contributed by atoms with Crippen LogP contribution in [-0.4, -0.2) is 16.3 Å². The highest BCUT2D eigenvalue weighted by Gasteiger charge is 2.23. The van der Waals surface area contributed by atoms with Gasteiger partial charge in [0, 0.05) is 0 Å². The number of aliphatic hydroxyl groups is 2. The molecule has 0 saturated heterocycles. The largest absolute Gasteiger partial charge is 0.386 e. The van der Waals surface area contributed by atoms with Crippen LogP contribution in [0.3, 0.4) is 0 Å². The van der Waals surface area contributed by atoms with Gasteiger partial charge in [-0.05, 0) is 55.6 Å². The molecule has 2 nitrogen and oxygen atoms in total. The van der Waals surface area contributed by atoms with Crippen molar-refractivity contribution in [1.29, 1.82) is 0 Å². The van der Waals surface area contributed by atoms with Crippen LogP contribution in [0, 0.1) is 0 Å². The molecule has 24 heavy (non-hydrogen) atoms. The molecule has 0 aliphatic heterocycles. The molecule has 0 spiro atoms. The van der Waals surface area contributed by atoms with Crippen LogP contribution in [0.4, 0.5) is 0 Å². The monoisotopic (exact) mass is 312 g/mol. The molecule has 2 heteroatoms. The van der Waals surface area contributed by atoms with Crippen molar-refractivity contribution in [2.75, 3.05) is 0 Å². The van der Waals surface area contributed by atoms with Gasteiger partial charge in [0.05, 0.1) is 0 Å². The Morgan fingerprint density at radius 2 is 1.12 bits per heavy atom. The minimum atomic E-state index is -0.875. The van der Waals surface area contributed by atoms with Crippen LogP contribution in [0.25, 0.3) is 38.4 Å². The third kappa shape index (κ3) is 1.78. The maximum atomic E-state index is 10.4. The van der Waals surface area contributed by atoms with Crippen molar-refractivity contribution >= 4 is 38.4 Å². The van der Waals surface area contributed by atoms with Gasteiger partial charge in [-0.2, -0.15) is 0 Å². The maximum absolute atomic E-state index is 10.4. The number of rotatable bonds is 0. The van der Waals surface area contributed by atoms with E-state index >= 15 is 0 Å². The first kappa shape index (κ1) is 13.7. The summed E-state index contributed by atoms with van der Waals surface area (Å²) in [5.41, 5.74) is 1.76. The summed E-state index contributed by atoms with van der Waals surface area (Å²) in [5.74, 6) is 0. The van der Waals surface area contributed by atoms with Crippen LogP contribution in [0.1, 0.15) is 17.2 Å². The molecule has 0 heterocycles. The van der Waals surface area contributed by atoms with Crippen molar-refractivity contribution in [3.8, 4) is 0 Å². The smallest absolute Gasteiger partial charge is 0.109 e. The second-order valence-corrected chi connectivity index (χ2v) is 6.41. The third-order valence-electron chi connectivity index (χ3n) is 5.06. The number of aliphatic hydroxyl groups excluding tert-OH is 2. The average Bonchev–Trinajstić information content (AvgIpc) is 2.64. The molecule has 4 aromatic carbocycles. The lowest BCUT2D eigenvalue weighted by Crippen LogP contribution is -2.19. The highest BCUT2D eigenvalue weighted by Crippen LogP contribution is 2.39. The third-order valence-corrected chi connectivity index (χ3v) is 5.06. The Bertz CT molecular complexity index is 1140. The van der Waals surface area contributed by atoms with Crippen LogP contribution in [-0.2, 0) is 0 Å². The van der Waals surface area contributed by atoms with Crippen LogP contribution in [0.2, 0.25) is 0 Å². The van der Waals surface area contributed by atoms with Crippen molar-refractivity contribution < 1.29 is 10.2 Å². The summed E-state index contributed by atoms with van der Waals surface area (Å²) < 4.78 is 0. The predicted octanol–water partition coefficient (Wildman–Crippen LogP) is 4.57. The van der Waals surface area contributed by atoms with Gasteiger partial charge in [-0.25, -0.2) is 0 Å². The molecule has 5 rings (SSSR count). The summed E-state index contributed by atoms with van der Waals surface area (Å²) in [4.78, 5) is 0. The van der Waals surface area contributed by atoms with E-state index in [4.69, 9.17) is 0 Å². The van der Waals surface area contributed by atoms with Gasteiger partial charge in [-0.1, -0.05) is 60.7 Å². The van der Waals surface area contributed by atoms with E-state index in [1.807, 2.05) is 18.2 Å². The Labute approximate surface area is 139 Å². The van der Waals surface area contributed by atoms with Crippen LogP contribution < -0.4 is 0 Å². The summed E-state index contributed by atoms with van der Waals surface area (Å²) in [5, 5.41) is 27.4. The second kappa shape index (κ2) is 4.91. The van der Waals surface area contributed by atoms with E-state index in [9.17, 15) is 10.2 Å². The Morgan fingerprint density at radius 3 is 1.71 bits per heavy atom. The fourth-order valence-corrected chi connectivity index (χ4v) is 3.88. The fourth-order valence-electron chi connectivity index (χ4n) is 3.88. The molecule has 116 valence electrons. The van der Waals surface area contributed by atoms with E-state index in [1.165, 1.54) is 26.9 Å². The molecule has 2 N–H and O–H groups in total. The molecule has 1 aliphatic carbocycles. The standard InChI is InChI=1S/C22H16O2/c23-21-10-9-13-11-19-16-7-3-1-5-14(16)15-6-2-4-8-17(15)20(19)12-18(13)22(21)24/h1-12,21-24H/t21-,22-/m0/s1. The number of hydrogen-bond acceptors (Lipinski definition) is 2. The lowest BCUT2D eigenvalue weighted by Gasteiger charge is -2.23. The Morgan fingerprint density at radius 1 is 0.625 bits per heavy atom. The molecule has 0 unspecified atom stereocenters. The molecule has 2 atom stereocenters. The fraction of sp³-hybridized carbons (Fsp3) is 0.0909. The lowest BCUT2D eigenvalue weighted by molar-refractivity contribution is 0.0471. The number of benzene rings is 4. The highest BCUT2D eigenvalue weighted by atomic mass is 16.3. The summed E-state index contributed by atoms with van der Waals surface area (Å²) in [6, 6.07) is 21.0. The van der Waals surface area contributed by atoms with Gasteiger partial charge >= 0.3 is 0 Å². The molecule has 0 bridgehead atoms. The van der Waals surface area contributed by atoms with Crippen molar-refractivity contribution in [2.24, 2.45) is 0 Å². The normalized spacial score (nSPS) is 19.9. The Hall–Kier alpha value is -2.68. The topological polar surface area (TPSA) is 40.5 Å². The molecule has 0 amide bonds. The van der Waals surface area contributed by atoms with Gasteiger partial charge < -0.3 is 10.2 Å². The van der Waals surface area contributed by atoms with Crippen molar-refractivity contribution in [2.45, 2.75) is 12.2 Å². The Kier molecular flexibility index (Phi) is 2.81. The van der Waals surface area contributed by atoms with Gasteiger partial charge in [0.25, 0.3) is 0 Å². The van der Waals surface area contributed by atoms with Crippen LogP contribution in [0.5, 0.6) is 0 Å². The maximum Gasteiger partial charge on any atom is 0.109 e. The number of hydrogen-bond donors (Lipinski definition) is 2.